The maximum Gasteiger partial charge on any atom is 0.0794 e. The van der Waals surface area contributed by atoms with Crippen molar-refractivity contribution in [3.8, 4) is 0 Å². The molecule has 1 heterocycles. The van der Waals surface area contributed by atoms with E-state index in [0.29, 0.717) is 11.1 Å². The van der Waals surface area contributed by atoms with Crippen molar-refractivity contribution in [3.05, 3.63) is 50.4 Å². The van der Waals surface area contributed by atoms with E-state index in [0.717, 1.165) is 36.4 Å². The van der Waals surface area contributed by atoms with Gasteiger partial charge in [-0.05, 0) is 43.5 Å². The van der Waals surface area contributed by atoms with Crippen LogP contribution in [0.3, 0.4) is 0 Å². The van der Waals surface area contributed by atoms with Gasteiger partial charge in [-0.1, -0.05) is 36.2 Å². The fourth-order valence-electron chi connectivity index (χ4n) is 2.10. The van der Waals surface area contributed by atoms with Crippen LogP contribution in [0.15, 0.2) is 29.9 Å². The predicted octanol–water partition coefficient (Wildman–Crippen LogP) is 4.60. The molecule has 5 heteroatoms. The van der Waals surface area contributed by atoms with Crippen molar-refractivity contribution in [3.63, 3.8) is 0 Å². The molecule has 1 atom stereocenters. The summed E-state index contributed by atoms with van der Waals surface area (Å²) in [5.41, 5.74) is 3.01. The first-order valence-corrected chi connectivity index (χ1v) is 8.37. The van der Waals surface area contributed by atoms with Gasteiger partial charge < -0.3 is 5.32 Å². The molecule has 0 saturated carbocycles. The van der Waals surface area contributed by atoms with Gasteiger partial charge in [0.25, 0.3) is 0 Å². The highest BCUT2D eigenvalue weighted by Gasteiger charge is 2.13. The number of hydrogen-bond donors (Lipinski definition) is 1. The van der Waals surface area contributed by atoms with E-state index in [4.69, 9.17) is 23.2 Å². The first-order valence-electron chi connectivity index (χ1n) is 6.73. The third-order valence-corrected chi connectivity index (χ3v) is 4.48. The Morgan fingerprint density at radius 1 is 1.30 bits per heavy atom. The van der Waals surface area contributed by atoms with Crippen LogP contribution in [-0.4, -0.2) is 17.6 Å². The molecule has 0 aliphatic carbocycles. The van der Waals surface area contributed by atoms with Crippen molar-refractivity contribution in [1.29, 1.82) is 0 Å². The van der Waals surface area contributed by atoms with E-state index in [1.807, 2.05) is 29.9 Å². The number of nitrogens with zero attached hydrogens (tertiary/aromatic N) is 1. The van der Waals surface area contributed by atoms with Gasteiger partial charge in [0.2, 0.25) is 0 Å². The van der Waals surface area contributed by atoms with Crippen LogP contribution in [0.25, 0.3) is 0 Å². The molecule has 2 rings (SSSR count). The smallest absolute Gasteiger partial charge is 0.0794 e. The number of benzene rings is 1. The molecule has 0 bridgehead atoms. The van der Waals surface area contributed by atoms with Gasteiger partial charge in [-0.2, -0.15) is 0 Å². The minimum Gasteiger partial charge on any atom is -0.313 e. The summed E-state index contributed by atoms with van der Waals surface area (Å²) >= 11 is 13.9. The zero-order chi connectivity index (χ0) is 14.4. The first-order chi connectivity index (χ1) is 9.69. The topological polar surface area (TPSA) is 24.9 Å². The van der Waals surface area contributed by atoms with Crippen LogP contribution >= 0.6 is 34.5 Å². The molecular weight excluding hydrogens is 311 g/mol. The second-order valence-electron chi connectivity index (χ2n) is 4.76. The summed E-state index contributed by atoms with van der Waals surface area (Å²) in [7, 11) is 0. The molecule has 0 fully saturated rings. The van der Waals surface area contributed by atoms with E-state index < -0.39 is 0 Å². The summed E-state index contributed by atoms with van der Waals surface area (Å²) in [5.74, 6) is 0. The van der Waals surface area contributed by atoms with E-state index >= 15 is 0 Å². The molecule has 20 heavy (non-hydrogen) atoms. The van der Waals surface area contributed by atoms with Crippen molar-refractivity contribution >= 4 is 34.5 Å². The molecule has 0 radical (unpaired) electrons. The van der Waals surface area contributed by atoms with Crippen LogP contribution in [0.4, 0.5) is 0 Å². The number of nitrogens with one attached hydrogen (secondary N) is 1. The molecule has 1 unspecified atom stereocenters. The number of aromatic nitrogens is 1. The van der Waals surface area contributed by atoms with Crippen molar-refractivity contribution in [1.82, 2.24) is 10.3 Å². The number of thiazole rings is 1. The largest absolute Gasteiger partial charge is 0.313 e. The third-order valence-electron chi connectivity index (χ3n) is 3.10. The number of hydrogen-bond acceptors (Lipinski definition) is 3. The minimum absolute atomic E-state index is 0.370. The highest BCUT2D eigenvalue weighted by atomic mass is 35.5. The molecule has 0 aliphatic heterocycles. The summed E-state index contributed by atoms with van der Waals surface area (Å²) in [4.78, 5) is 5.43. The van der Waals surface area contributed by atoms with Crippen LogP contribution in [-0.2, 0) is 12.8 Å². The summed E-state index contributed by atoms with van der Waals surface area (Å²) in [6, 6.07) is 6.08. The Kier molecular flexibility index (Phi) is 6.30. The van der Waals surface area contributed by atoms with Gasteiger partial charge in [-0.25, -0.2) is 0 Å². The van der Waals surface area contributed by atoms with Crippen LogP contribution < -0.4 is 5.32 Å². The molecule has 1 aromatic heterocycles. The van der Waals surface area contributed by atoms with Crippen molar-refractivity contribution in [2.24, 2.45) is 0 Å². The van der Waals surface area contributed by atoms with Gasteiger partial charge in [-0.3, -0.25) is 4.98 Å². The molecule has 1 aromatic carbocycles. The Labute approximate surface area is 134 Å². The molecule has 108 valence electrons. The fourth-order valence-corrected chi connectivity index (χ4v) is 3.27. The highest BCUT2D eigenvalue weighted by Crippen LogP contribution is 2.23. The molecule has 0 spiro atoms. The zero-order valence-electron chi connectivity index (χ0n) is 11.4. The quantitative estimate of drug-likeness (QED) is 0.803. The minimum atomic E-state index is 0.370. The van der Waals surface area contributed by atoms with Crippen LogP contribution in [0.1, 0.15) is 23.8 Å². The van der Waals surface area contributed by atoms with Crippen LogP contribution in [0.2, 0.25) is 10.0 Å². The summed E-state index contributed by atoms with van der Waals surface area (Å²) in [6.07, 6.45) is 4.93. The van der Waals surface area contributed by atoms with Gasteiger partial charge in [0.05, 0.1) is 5.51 Å². The standard InChI is InChI=1S/C15H18Cl2N2S/c1-2-5-19-13(8-14-9-18-10-20-14)6-11-3-4-12(16)7-15(11)17/h3-4,7,9-10,13,19H,2,5-6,8H2,1H3. The van der Waals surface area contributed by atoms with E-state index in [2.05, 4.69) is 17.2 Å². The maximum atomic E-state index is 6.27. The highest BCUT2D eigenvalue weighted by molar-refractivity contribution is 7.09. The monoisotopic (exact) mass is 328 g/mol. The average Bonchev–Trinajstić information content (AvgIpc) is 2.92. The molecule has 0 saturated heterocycles. The summed E-state index contributed by atoms with van der Waals surface area (Å²) < 4.78 is 0. The van der Waals surface area contributed by atoms with E-state index in [-0.39, 0.29) is 0 Å². The second-order valence-corrected chi connectivity index (χ2v) is 6.58. The number of rotatable bonds is 7. The van der Waals surface area contributed by atoms with Gasteiger partial charge >= 0.3 is 0 Å². The predicted molar refractivity (Wildman–Crippen MR) is 88.1 cm³/mol. The van der Waals surface area contributed by atoms with Gasteiger partial charge in [0.15, 0.2) is 0 Å². The average molecular weight is 329 g/mol. The summed E-state index contributed by atoms with van der Waals surface area (Å²) in [5, 5.41) is 5.01. The van der Waals surface area contributed by atoms with Gasteiger partial charge in [0, 0.05) is 27.2 Å². The maximum absolute atomic E-state index is 6.27. The molecule has 2 aromatic rings. The third kappa shape index (κ3) is 4.74. The van der Waals surface area contributed by atoms with Crippen molar-refractivity contribution < 1.29 is 0 Å². The molecule has 2 nitrogen and oxygen atoms in total. The lowest BCUT2D eigenvalue weighted by molar-refractivity contribution is 0.507. The van der Waals surface area contributed by atoms with Gasteiger partial charge in [0.1, 0.15) is 0 Å². The molecule has 0 amide bonds. The Morgan fingerprint density at radius 3 is 2.80 bits per heavy atom. The lowest BCUT2D eigenvalue weighted by atomic mass is 10.0. The Hall–Kier alpha value is -0.610. The molecule has 0 aliphatic rings. The Morgan fingerprint density at radius 2 is 2.15 bits per heavy atom. The zero-order valence-corrected chi connectivity index (χ0v) is 13.7. The SMILES string of the molecule is CCCNC(Cc1cncs1)Cc1ccc(Cl)cc1Cl. The van der Waals surface area contributed by atoms with Crippen molar-refractivity contribution in [2.75, 3.05) is 6.54 Å². The first kappa shape index (κ1) is 15.8. The molecular formula is C15H18Cl2N2S. The van der Waals surface area contributed by atoms with Crippen LogP contribution in [0, 0.1) is 0 Å². The Bertz CT molecular complexity index is 529. The fraction of sp³-hybridized carbons (Fsp3) is 0.400. The lowest BCUT2D eigenvalue weighted by Gasteiger charge is -2.18. The Balaban J connectivity index is 2.06. The van der Waals surface area contributed by atoms with E-state index in [9.17, 15) is 0 Å². The lowest BCUT2D eigenvalue weighted by Crippen LogP contribution is -2.33. The number of halogens is 2. The summed E-state index contributed by atoms with van der Waals surface area (Å²) in [6.45, 7) is 3.18. The van der Waals surface area contributed by atoms with E-state index in [1.54, 1.807) is 11.3 Å². The van der Waals surface area contributed by atoms with Gasteiger partial charge in [-0.15, -0.1) is 11.3 Å². The van der Waals surface area contributed by atoms with Crippen molar-refractivity contribution in [2.45, 2.75) is 32.2 Å². The van der Waals surface area contributed by atoms with E-state index in [1.165, 1.54) is 4.88 Å². The second kappa shape index (κ2) is 7.99. The van der Waals surface area contributed by atoms with Crippen LogP contribution in [0.5, 0.6) is 0 Å². The normalized spacial score (nSPS) is 12.6. The molecule has 1 N–H and O–H groups in total.